The minimum atomic E-state index is -0.828. The number of ether oxygens (including phenoxy) is 1. The number of carboxylic acid groups (broad SMARTS) is 1. The number of nitrogens with zero attached hydrogens (tertiary/aromatic N) is 1. The van der Waals surface area contributed by atoms with Crippen molar-refractivity contribution in [3.63, 3.8) is 0 Å². The smallest absolute Gasteiger partial charge is 0.407 e. The van der Waals surface area contributed by atoms with Gasteiger partial charge in [-0.15, -0.1) is 0 Å². The highest BCUT2D eigenvalue weighted by atomic mass is 16.5. The molecule has 0 spiro atoms. The average Bonchev–Trinajstić information content (AvgIpc) is 3.11. The molecule has 0 unspecified atom stereocenters. The summed E-state index contributed by atoms with van der Waals surface area (Å²) in [6.07, 6.45) is 0.900. The largest absolute Gasteiger partial charge is 0.481 e. The van der Waals surface area contributed by atoms with Gasteiger partial charge in [-0.1, -0.05) is 48.5 Å². The van der Waals surface area contributed by atoms with Crippen molar-refractivity contribution in [1.29, 1.82) is 0 Å². The molecule has 1 aliphatic rings. The Kier molecular flexibility index (Phi) is 8.46. The lowest BCUT2D eigenvalue weighted by atomic mass is 9.98. The van der Waals surface area contributed by atoms with E-state index < -0.39 is 12.1 Å². The maximum absolute atomic E-state index is 12.6. The van der Waals surface area contributed by atoms with E-state index in [0.29, 0.717) is 25.9 Å². The quantitative estimate of drug-likeness (QED) is 0.493. The van der Waals surface area contributed by atoms with Crippen LogP contribution in [0.25, 0.3) is 11.1 Å². The first-order valence-corrected chi connectivity index (χ1v) is 11.5. The summed E-state index contributed by atoms with van der Waals surface area (Å²) >= 11 is 0. The summed E-state index contributed by atoms with van der Waals surface area (Å²) in [5, 5.41) is 11.5. The topological polar surface area (TPSA) is 95.9 Å². The van der Waals surface area contributed by atoms with Gasteiger partial charge in [0.15, 0.2) is 0 Å². The van der Waals surface area contributed by atoms with Crippen molar-refractivity contribution in [1.82, 2.24) is 10.2 Å². The van der Waals surface area contributed by atoms with Crippen LogP contribution in [0.15, 0.2) is 48.5 Å². The molecule has 0 aromatic heterocycles. The summed E-state index contributed by atoms with van der Waals surface area (Å²) in [5.41, 5.74) is 4.64. The molecule has 2 aromatic carbocycles. The van der Waals surface area contributed by atoms with Crippen LogP contribution in [0.2, 0.25) is 0 Å². The first-order chi connectivity index (χ1) is 15.9. The van der Waals surface area contributed by atoms with Gasteiger partial charge < -0.3 is 20.1 Å². The Morgan fingerprint density at radius 3 is 2.21 bits per heavy atom. The molecule has 0 aliphatic heterocycles. The summed E-state index contributed by atoms with van der Waals surface area (Å²) in [6.45, 7) is 4.95. The van der Waals surface area contributed by atoms with E-state index in [1.165, 1.54) is 11.1 Å². The Morgan fingerprint density at radius 1 is 1.03 bits per heavy atom. The number of rotatable bonds is 11. The van der Waals surface area contributed by atoms with Crippen molar-refractivity contribution in [3.05, 3.63) is 59.7 Å². The number of aliphatic carboxylic acids is 1. The highest BCUT2D eigenvalue weighted by molar-refractivity contribution is 5.79. The summed E-state index contributed by atoms with van der Waals surface area (Å²) in [5.74, 6) is -0.911. The lowest BCUT2D eigenvalue weighted by molar-refractivity contribution is -0.137. The number of carbonyl (C=O) groups excluding carboxylic acids is 2. The van der Waals surface area contributed by atoms with E-state index in [1.54, 1.807) is 11.8 Å². The van der Waals surface area contributed by atoms with Gasteiger partial charge in [0.2, 0.25) is 5.91 Å². The van der Waals surface area contributed by atoms with Crippen molar-refractivity contribution < 1.29 is 24.2 Å². The van der Waals surface area contributed by atoms with Gasteiger partial charge in [0.05, 0.1) is 0 Å². The van der Waals surface area contributed by atoms with E-state index in [2.05, 4.69) is 29.6 Å². The maximum atomic E-state index is 12.6. The zero-order valence-corrected chi connectivity index (χ0v) is 19.3. The van der Waals surface area contributed by atoms with Crippen LogP contribution in [0.1, 0.15) is 56.6 Å². The fraction of sp³-hybridized carbons (Fsp3) is 0.423. The third-order valence-electron chi connectivity index (χ3n) is 5.99. The molecule has 2 aromatic rings. The normalized spacial score (nSPS) is 13.0. The molecular weight excluding hydrogens is 420 g/mol. The van der Waals surface area contributed by atoms with Crippen molar-refractivity contribution in [2.75, 3.05) is 19.7 Å². The van der Waals surface area contributed by atoms with E-state index in [-0.39, 0.29) is 37.3 Å². The number of carbonyl (C=O) groups is 3. The first-order valence-electron chi connectivity index (χ1n) is 11.5. The minimum Gasteiger partial charge on any atom is -0.481 e. The first kappa shape index (κ1) is 24.3. The lowest BCUT2D eigenvalue weighted by Crippen LogP contribution is -2.40. The molecule has 0 heterocycles. The van der Waals surface area contributed by atoms with Gasteiger partial charge in [0.25, 0.3) is 0 Å². The number of carboxylic acids is 1. The van der Waals surface area contributed by atoms with Gasteiger partial charge in [-0.3, -0.25) is 9.59 Å². The summed E-state index contributed by atoms with van der Waals surface area (Å²) in [4.78, 5) is 37.3. The fourth-order valence-electron chi connectivity index (χ4n) is 4.32. The van der Waals surface area contributed by atoms with Crippen molar-refractivity contribution in [3.8, 4) is 11.1 Å². The van der Waals surface area contributed by atoms with Crippen LogP contribution in [0.3, 0.4) is 0 Å². The molecule has 0 saturated heterocycles. The molecule has 1 atom stereocenters. The monoisotopic (exact) mass is 452 g/mol. The Morgan fingerprint density at radius 2 is 1.64 bits per heavy atom. The fourth-order valence-corrected chi connectivity index (χ4v) is 4.32. The highest BCUT2D eigenvalue weighted by Crippen LogP contribution is 2.44. The second-order valence-corrected chi connectivity index (χ2v) is 8.40. The van der Waals surface area contributed by atoms with Crippen LogP contribution in [-0.2, 0) is 14.3 Å². The molecule has 0 radical (unpaired) electrons. The number of nitrogens with one attached hydrogen (secondary N) is 1. The van der Waals surface area contributed by atoms with Crippen molar-refractivity contribution in [2.45, 2.75) is 51.5 Å². The third-order valence-corrected chi connectivity index (χ3v) is 5.99. The third kappa shape index (κ3) is 6.34. The molecule has 0 bridgehead atoms. The molecule has 2 N–H and O–H groups in total. The molecular formula is C26H32N2O5. The standard InChI is InChI=1S/C26H32N2O5/c1-3-28(15-9-8-14-25(30)31)24(29)16-18(2)27-26(32)33-17-23-21-12-6-4-10-19(21)20-11-5-7-13-22(20)23/h4-7,10-13,18,23H,3,8-9,14-17H2,1-2H3,(H,27,32)(H,30,31)/t18-/m0/s1. The average molecular weight is 453 g/mol. The number of benzene rings is 2. The SMILES string of the molecule is CCN(CCCCC(=O)O)C(=O)C[C@H](C)NC(=O)OCC1c2ccccc2-c2ccccc21. The number of unbranched alkanes of at least 4 members (excludes halogenated alkanes) is 1. The number of alkyl carbamates (subject to hydrolysis) is 1. The molecule has 3 rings (SSSR count). The molecule has 2 amide bonds. The van der Waals surface area contributed by atoms with E-state index in [4.69, 9.17) is 9.84 Å². The Hall–Kier alpha value is -3.35. The van der Waals surface area contributed by atoms with Gasteiger partial charge >= 0.3 is 12.1 Å². The van der Waals surface area contributed by atoms with Gasteiger partial charge in [0.1, 0.15) is 6.61 Å². The molecule has 1 aliphatic carbocycles. The van der Waals surface area contributed by atoms with Crippen LogP contribution >= 0.6 is 0 Å². The van der Waals surface area contributed by atoms with E-state index in [9.17, 15) is 14.4 Å². The molecule has 33 heavy (non-hydrogen) atoms. The summed E-state index contributed by atoms with van der Waals surface area (Å²) in [6, 6.07) is 15.9. The number of hydrogen-bond acceptors (Lipinski definition) is 4. The second kappa shape index (κ2) is 11.5. The zero-order valence-electron chi connectivity index (χ0n) is 19.3. The van der Waals surface area contributed by atoms with Crippen LogP contribution in [0, 0.1) is 0 Å². The van der Waals surface area contributed by atoms with Gasteiger partial charge in [-0.05, 0) is 48.9 Å². The summed E-state index contributed by atoms with van der Waals surface area (Å²) < 4.78 is 5.55. The Balaban J connectivity index is 1.48. The number of hydrogen-bond donors (Lipinski definition) is 2. The van der Waals surface area contributed by atoms with Crippen LogP contribution < -0.4 is 5.32 Å². The summed E-state index contributed by atoms with van der Waals surface area (Å²) in [7, 11) is 0. The van der Waals surface area contributed by atoms with E-state index in [0.717, 1.165) is 11.1 Å². The molecule has 176 valence electrons. The number of amides is 2. The van der Waals surface area contributed by atoms with Crippen LogP contribution in [0.5, 0.6) is 0 Å². The molecule has 7 heteroatoms. The molecule has 0 fully saturated rings. The molecule has 7 nitrogen and oxygen atoms in total. The van der Waals surface area contributed by atoms with Crippen LogP contribution in [0.4, 0.5) is 4.79 Å². The van der Waals surface area contributed by atoms with E-state index >= 15 is 0 Å². The van der Waals surface area contributed by atoms with Gasteiger partial charge in [-0.25, -0.2) is 4.79 Å². The maximum Gasteiger partial charge on any atom is 0.407 e. The Labute approximate surface area is 194 Å². The van der Waals surface area contributed by atoms with E-state index in [1.807, 2.05) is 31.2 Å². The minimum absolute atomic E-state index is 0.0125. The van der Waals surface area contributed by atoms with Gasteiger partial charge in [0, 0.05) is 37.9 Å². The predicted molar refractivity (Wildman–Crippen MR) is 126 cm³/mol. The van der Waals surface area contributed by atoms with Crippen molar-refractivity contribution >= 4 is 18.0 Å². The van der Waals surface area contributed by atoms with Crippen LogP contribution in [-0.4, -0.2) is 53.7 Å². The number of fused-ring (bicyclic) bond motifs is 3. The molecule has 0 saturated carbocycles. The van der Waals surface area contributed by atoms with Gasteiger partial charge in [-0.2, -0.15) is 0 Å². The Bertz CT molecular complexity index is 945. The van der Waals surface area contributed by atoms with Crippen molar-refractivity contribution in [2.24, 2.45) is 0 Å². The highest BCUT2D eigenvalue weighted by Gasteiger charge is 2.29. The lowest BCUT2D eigenvalue weighted by Gasteiger charge is -2.23. The second-order valence-electron chi connectivity index (χ2n) is 8.40. The zero-order chi connectivity index (χ0) is 23.8. The predicted octanol–water partition coefficient (Wildman–Crippen LogP) is 4.41.